The highest BCUT2D eigenvalue weighted by Gasteiger charge is 2.14. The first kappa shape index (κ1) is 19.0. The molecule has 0 spiro atoms. The highest BCUT2D eigenvalue weighted by molar-refractivity contribution is 7.90. The molecule has 0 saturated carbocycles. The highest BCUT2D eigenvalue weighted by Crippen LogP contribution is 2.23. The topological polar surface area (TPSA) is 94.3 Å². The van der Waals surface area contributed by atoms with Gasteiger partial charge in [0.05, 0.1) is 28.2 Å². The van der Waals surface area contributed by atoms with Crippen LogP contribution in [0.25, 0.3) is 16.9 Å². The largest absolute Gasteiger partial charge is 0.331 e. The van der Waals surface area contributed by atoms with Crippen LogP contribution in [0.5, 0.6) is 0 Å². The molecule has 2 aromatic heterocycles. The van der Waals surface area contributed by atoms with E-state index in [0.717, 1.165) is 28.3 Å². The number of quaternary nitrogens is 1. The van der Waals surface area contributed by atoms with E-state index >= 15 is 0 Å². The molecule has 29 heavy (non-hydrogen) atoms. The molecule has 8 heteroatoms. The Bertz CT molecular complexity index is 1250. The predicted molar refractivity (Wildman–Crippen MR) is 110 cm³/mol. The molecule has 0 aliphatic heterocycles. The van der Waals surface area contributed by atoms with Crippen LogP contribution in [0.4, 0.5) is 11.6 Å². The monoisotopic (exact) mass is 406 g/mol. The van der Waals surface area contributed by atoms with Gasteiger partial charge in [0.25, 0.3) is 0 Å². The van der Waals surface area contributed by atoms with E-state index in [0.29, 0.717) is 5.95 Å². The number of para-hydroxylation sites is 1. The summed E-state index contributed by atoms with van der Waals surface area (Å²) in [5.74, 6) is 0.543. The van der Waals surface area contributed by atoms with Gasteiger partial charge >= 0.3 is 5.95 Å². The van der Waals surface area contributed by atoms with Gasteiger partial charge in [0.2, 0.25) is 0 Å². The van der Waals surface area contributed by atoms with E-state index < -0.39 is 9.84 Å². The zero-order valence-corrected chi connectivity index (χ0v) is 16.8. The zero-order valence-electron chi connectivity index (χ0n) is 16.0. The van der Waals surface area contributed by atoms with Crippen LogP contribution in [0.15, 0.2) is 78.0 Å². The molecular weight excluding hydrogens is 386 g/mol. The average Bonchev–Trinajstić information content (AvgIpc) is 3.10. The van der Waals surface area contributed by atoms with Crippen LogP contribution in [-0.2, 0) is 9.84 Å². The molecule has 146 valence electrons. The molecule has 0 atom stereocenters. The highest BCUT2D eigenvalue weighted by atomic mass is 32.2. The third-order valence-electron chi connectivity index (χ3n) is 4.56. The van der Waals surface area contributed by atoms with Crippen LogP contribution < -0.4 is 5.32 Å². The number of nitrogens with two attached hydrogens (primary N) is 1. The summed E-state index contributed by atoms with van der Waals surface area (Å²) < 4.78 is 25.1. The number of aromatic nitrogens is 4. The molecule has 0 radical (unpaired) electrons. The first-order valence-corrected chi connectivity index (χ1v) is 10.9. The van der Waals surface area contributed by atoms with Crippen molar-refractivity contribution in [1.82, 2.24) is 19.7 Å². The average molecular weight is 406 g/mol. The zero-order chi connectivity index (χ0) is 20.4. The number of nitrogens with zero attached hydrogens (tertiary/aromatic N) is 4. The van der Waals surface area contributed by atoms with Crippen molar-refractivity contribution in [1.29, 1.82) is 0 Å². The molecule has 4 rings (SSSR count). The van der Waals surface area contributed by atoms with Crippen LogP contribution >= 0.6 is 0 Å². The predicted octanol–water partition coefficient (Wildman–Crippen LogP) is 2.57. The normalized spacial score (nSPS) is 11.5. The lowest BCUT2D eigenvalue weighted by atomic mass is 10.2. The van der Waals surface area contributed by atoms with Gasteiger partial charge in [0.1, 0.15) is 5.69 Å². The van der Waals surface area contributed by atoms with Crippen LogP contribution in [-0.4, -0.2) is 34.4 Å². The van der Waals surface area contributed by atoms with E-state index in [1.165, 1.54) is 6.26 Å². The van der Waals surface area contributed by atoms with Gasteiger partial charge in [-0.05, 0) is 37.3 Å². The second-order valence-corrected chi connectivity index (χ2v) is 8.69. The molecule has 0 saturated heterocycles. The van der Waals surface area contributed by atoms with Gasteiger partial charge in [-0.25, -0.2) is 18.4 Å². The molecule has 0 amide bonds. The molecule has 0 aliphatic carbocycles. The molecule has 0 unspecified atom stereocenters. The SMILES string of the molecule is Cc1c(-c2ccnc([NH2+]c3ccc(S(C)(=O)=O)cc3)n2)cnn1-c1ccccc1. The van der Waals surface area contributed by atoms with Crippen molar-refractivity contribution in [2.24, 2.45) is 0 Å². The number of hydrogen-bond donors (Lipinski definition) is 1. The third-order valence-corrected chi connectivity index (χ3v) is 5.69. The van der Waals surface area contributed by atoms with E-state index in [-0.39, 0.29) is 4.90 Å². The lowest BCUT2D eigenvalue weighted by Crippen LogP contribution is -2.72. The van der Waals surface area contributed by atoms with Crippen molar-refractivity contribution in [2.45, 2.75) is 11.8 Å². The van der Waals surface area contributed by atoms with Crippen LogP contribution in [0.3, 0.4) is 0 Å². The first-order chi connectivity index (χ1) is 13.9. The third kappa shape index (κ3) is 4.08. The lowest BCUT2D eigenvalue weighted by Gasteiger charge is -2.05. The van der Waals surface area contributed by atoms with Gasteiger partial charge in [-0.1, -0.05) is 18.2 Å². The van der Waals surface area contributed by atoms with E-state index in [1.54, 1.807) is 36.7 Å². The van der Waals surface area contributed by atoms with E-state index in [9.17, 15) is 8.42 Å². The lowest BCUT2D eigenvalue weighted by molar-refractivity contribution is -0.487. The summed E-state index contributed by atoms with van der Waals surface area (Å²) in [6, 6.07) is 18.4. The summed E-state index contributed by atoms with van der Waals surface area (Å²) >= 11 is 0. The molecule has 2 heterocycles. The number of benzene rings is 2. The molecule has 7 nitrogen and oxygen atoms in total. The van der Waals surface area contributed by atoms with Gasteiger partial charge < -0.3 is 0 Å². The fourth-order valence-electron chi connectivity index (χ4n) is 3.04. The Morgan fingerprint density at radius 3 is 2.38 bits per heavy atom. The Morgan fingerprint density at radius 1 is 0.966 bits per heavy atom. The van der Waals surface area contributed by atoms with Crippen molar-refractivity contribution in [3.63, 3.8) is 0 Å². The Labute approximate surface area is 169 Å². The maximum absolute atomic E-state index is 11.6. The van der Waals surface area contributed by atoms with Crippen LogP contribution in [0.2, 0.25) is 0 Å². The summed E-state index contributed by atoms with van der Waals surface area (Å²) in [6.07, 6.45) is 4.70. The molecule has 2 aromatic carbocycles. The number of sulfone groups is 1. The van der Waals surface area contributed by atoms with Crippen molar-refractivity contribution in [3.05, 3.63) is 78.8 Å². The van der Waals surface area contributed by atoms with Crippen LogP contribution in [0, 0.1) is 6.92 Å². The molecular formula is C21H20N5O2S+. The fraction of sp³-hybridized carbons (Fsp3) is 0.0952. The summed E-state index contributed by atoms with van der Waals surface area (Å²) in [5.41, 5.74) is 4.50. The van der Waals surface area contributed by atoms with Gasteiger partial charge in [-0.2, -0.15) is 15.1 Å². The summed E-state index contributed by atoms with van der Waals surface area (Å²) in [4.78, 5) is 9.24. The van der Waals surface area contributed by atoms with Crippen molar-refractivity contribution in [2.75, 3.05) is 6.26 Å². The Kier molecular flexibility index (Phi) is 4.96. The van der Waals surface area contributed by atoms with Crippen molar-refractivity contribution in [3.8, 4) is 16.9 Å². The fourth-order valence-corrected chi connectivity index (χ4v) is 3.67. The molecule has 0 bridgehead atoms. The van der Waals surface area contributed by atoms with Gasteiger partial charge in [-0.3, -0.25) is 0 Å². The minimum Gasteiger partial charge on any atom is -0.248 e. The molecule has 0 aliphatic rings. The maximum atomic E-state index is 11.6. The number of hydrogen-bond acceptors (Lipinski definition) is 5. The van der Waals surface area contributed by atoms with Gasteiger partial charge in [0.15, 0.2) is 9.84 Å². The van der Waals surface area contributed by atoms with Crippen molar-refractivity contribution >= 4 is 21.5 Å². The van der Waals surface area contributed by atoms with Gasteiger partial charge in [-0.15, -0.1) is 0 Å². The quantitative estimate of drug-likeness (QED) is 0.514. The van der Waals surface area contributed by atoms with E-state index in [2.05, 4.69) is 15.1 Å². The second kappa shape index (κ2) is 7.57. The smallest absolute Gasteiger partial charge is 0.248 e. The minimum atomic E-state index is -3.21. The number of rotatable bonds is 5. The Morgan fingerprint density at radius 2 is 1.69 bits per heavy atom. The summed E-state index contributed by atoms with van der Waals surface area (Å²) in [6.45, 7) is 2.00. The van der Waals surface area contributed by atoms with Crippen LogP contribution in [0.1, 0.15) is 5.69 Å². The summed E-state index contributed by atoms with van der Waals surface area (Å²) in [7, 11) is -3.21. The molecule has 4 aromatic rings. The Balaban J connectivity index is 1.61. The molecule has 2 N–H and O–H groups in total. The first-order valence-electron chi connectivity index (χ1n) is 9.00. The standard InChI is InChI=1S/C21H19N5O2S/c1-15-19(14-23-26(15)17-6-4-3-5-7-17)20-12-13-22-21(25-20)24-16-8-10-18(11-9-16)29(2,27)28/h3-14H,1-2H3,(H,22,24,25)/p+1. The van der Waals surface area contributed by atoms with E-state index in [1.807, 2.05) is 53.3 Å². The van der Waals surface area contributed by atoms with E-state index in [4.69, 9.17) is 0 Å². The maximum Gasteiger partial charge on any atom is 0.331 e. The minimum absolute atomic E-state index is 0.285. The van der Waals surface area contributed by atoms with Crippen molar-refractivity contribution < 1.29 is 13.7 Å². The molecule has 0 fully saturated rings. The van der Waals surface area contributed by atoms with Gasteiger partial charge in [0, 0.05) is 30.1 Å². The Hall–Kier alpha value is -3.36. The second-order valence-electron chi connectivity index (χ2n) is 6.68. The summed E-state index contributed by atoms with van der Waals surface area (Å²) in [5, 5.41) is 6.31.